The first kappa shape index (κ1) is 13.5. The summed E-state index contributed by atoms with van der Waals surface area (Å²) in [6.07, 6.45) is 1.07. The summed E-state index contributed by atoms with van der Waals surface area (Å²) in [4.78, 5) is 0. The standard InChI is InChI=1S/C15H21ClO2/c1-4-11(3)15(16)12-5-6-13-14(7-12)18-9-10(2)8-17-13/h5-7,10-11,15H,4,8-9H2,1-3H3. The van der Waals surface area contributed by atoms with Crippen LogP contribution in [0, 0.1) is 11.8 Å². The molecule has 3 unspecified atom stereocenters. The molecule has 0 aliphatic carbocycles. The van der Waals surface area contributed by atoms with Crippen LogP contribution in [0.4, 0.5) is 0 Å². The van der Waals surface area contributed by atoms with Gasteiger partial charge in [-0.05, 0) is 23.6 Å². The highest BCUT2D eigenvalue weighted by Crippen LogP contribution is 2.37. The average Bonchev–Trinajstić information content (AvgIpc) is 2.59. The molecule has 1 aliphatic heterocycles. The van der Waals surface area contributed by atoms with Crippen molar-refractivity contribution in [3.8, 4) is 11.5 Å². The zero-order valence-electron chi connectivity index (χ0n) is 11.3. The van der Waals surface area contributed by atoms with E-state index in [1.807, 2.05) is 18.2 Å². The summed E-state index contributed by atoms with van der Waals surface area (Å²) in [6.45, 7) is 7.86. The van der Waals surface area contributed by atoms with Gasteiger partial charge < -0.3 is 9.47 Å². The van der Waals surface area contributed by atoms with Gasteiger partial charge in [0.05, 0.1) is 18.6 Å². The number of rotatable bonds is 3. The lowest BCUT2D eigenvalue weighted by molar-refractivity contribution is 0.228. The fourth-order valence-electron chi connectivity index (χ4n) is 1.98. The molecular weight excluding hydrogens is 248 g/mol. The van der Waals surface area contributed by atoms with Gasteiger partial charge >= 0.3 is 0 Å². The molecule has 0 spiro atoms. The van der Waals surface area contributed by atoms with Crippen molar-refractivity contribution in [2.75, 3.05) is 13.2 Å². The van der Waals surface area contributed by atoms with Crippen LogP contribution in [0.15, 0.2) is 18.2 Å². The Morgan fingerprint density at radius 2 is 1.94 bits per heavy atom. The van der Waals surface area contributed by atoms with Crippen LogP contribution >= 0.6 is 11.6 Å². The van der Waals surface area contributed by atoms with Crippen molar-refractivity contribution in [3.05, 3.63) is 23.8 Å². The Morgan fingerprint density at radius 1 is 1.28 bits per heavy atom. The Morgan fingerprint density at radius 3 is 2.61 bits per heavy atom. The Kier molecular flexibility index (Phi) is 4.39. The van der Waals surface area contributed by atoms with Gasteiger partial charge in [-0.25, -0.2) is 0 Å². The van der Waals surface area contributed by atoms with Crippen molar-refractivity contribution in [2.45, 2.75) is 32.6 Å². The largest absolute Gasteiger partial charge is 0.489 e. The molecule has 2 nitrogen and oxygen atoms in total. The fraction of sp³-hybridized carbons (Fsp3) is 0.600. The van der Waals surface area contributed by atoms with Crippen LogP contribution in [0.1, 0.15) is 38.1 Å². The van der Waals surface area contributed by atoms with E-state index < -0.39 is 0 Å². The van der Waals surface area contributed by atoms with Crippen LogP contribution in [0.25, 0.3) is 0 Å². The molecule has 18 heavy (non-hydrogen) atoms. The van der Waals surface area contributed by atoms with E-state index in [1.54, 1.807) is 0 Å². The van der Waals surface area contributed by atoms with E-state index in [0.717, 1.165) is 23.5 Å². The smallest absolute Gasteiger partial charge is 0.161 e. The van der Waals surface area contributed by atoms with Gasteiger partial charge in [0.1, 0.15) is 0 Å². The molecule has 1 heterocycles. The van der Waals surface area contributed by atoms with Gasteiger partial charge in [0.25, 0.3) is 0 Å². The Balaban J connectivity index is 2.21. The second-order valence-electron chi connectivity index (χ2n) is 5.22. The summed E-state index contributed by atoms with van der Waals surface area (Å²) in [5.74, 6) is 2.53. The SMILES string of the molecule is CCC(C)C(Cl)c1ccc2c(c1)OCC(C)CO2. The van der Waals surface area contributed by atoms with Crippen LogP contribution in [0.2, 0.25) is 0 Å². The quantitative estimate of drug-likeness (QED) is 0.756. The predicted molar refractivity (Wildman–Crippen MR) is 74.6 cm³/mol. The van der Waals surface area contributed by atoms with Gasteiger partial charge in [-0.3, -0.25) is 0 Å². The second-order valence-corrected chi connectivity index (χ2v) is 5.69. The number of hydrogen-bond donors (Lipinski definition) is 0. The summed E-state index contributed by atoms with van der Waals surface area (Å²) in [7, 11) is 0. The van der Waals surface area contributed by atoms with Crippen molar-refractivity contribution < 1.29 is 9.47 Å². The molecule has 1 aliphatic rings. The van der Waals surface area contributed by atoms with E-state index >= 15 is 0 Å². The van der Waals surface area contributed by atoms with E-state index in [1.165, 1.54) is 0 Å². The van der Waals surface area contributed by atoms with Crippen LogP contribution in [-0.2, 0) is 0 Å². The van der Waals surface area contributed by atoms with E-state index in [2.05, 4.69) is 20.8 Å². The molecule has 0 amide bonds. The van der Waals surface area contributed by atoms with Crippen LogP contribution < -0.4 is 9.47 Å². The molecule has 0 N–H and O–H groups in total. The Hall–Kier alpha value is -0.890. The summed E-state index contributed by atoms with van der Waals surface area (Å²) in [5, 5.41) is 0.0320. The number of alkyl halides is 1. The summed E-state index contributed by atoms with van der Waals surface area (Å²) < 4.78 is 11.5. The number of hydrogen-bond acceptors (Lipinski definition) is 2. The Labute approximate surface area is 114 Å². The van der Waals surface area contributed by atoms with Crippen molar-refractivity contribution in [1.29, 1.82) is 0 Å². The molecule has 2 rings (SSSR count). The highest BCUT2D eigenvalue weighted by atomic mass is 35.5. The van der Waals surface area contributed by atoms with E-state index in [0.29, 0.717) is 25.0 Å². The molecule has 1 aromatic carbocycles. The molecule has 0 bridgehead atoms. The zero-order chi connectivity index (χ0) is 13.1. The predicted octanol–water partition coefficient (Wildman–Crippen LogP) is 4.42. The number of ether oxygens (including phenoxy) is 2. The lowest BCUT2D eigenvalue weighted by Gasteiger charge is -2.18. The zero-order valence-corrected chi connectivity index (χ0v) is 12.0. The fourth-order valence-corrected chi connectivity index (χ4v) is 2.29. The first-order valence-corrected chi connectivity index (χ1v) is 7.09. The molecule has 1 aromatic rings. The van der Waals surface area contributed by atoms with E-state index in [4.69, 9.17) is 21.1 Å². The molecule has 3 heteroatoms. The topological polar surface area (TPSA) is 18.5 Å². The molecule has 0 saturated carbocycles. The third-order valence-corrected chi connectivity index (χ3v) is 4.16. The van der Waals surface area contributed by atoms with Crippen molar-refractivity contribution >= 4 is 11.6 Å². The normalized spacial score (nSPS) is 22.1. The number of fused-ring (bicyclic) bond motifs is 1. The van der Waals surface area contributed by atoms with Crippen LogP contribution in [0.3, 0.4) is 0 Å². The van der Waals surface area contributed by atoms with Gasteiger partial charge in [0.2, 0.25) is 0 Å². The second kappa shape index (κ2) is 5.83. The molecule has 3 atom stereocenters. The van der Waals surface area contributed by atoms with Gasteiger partial charge in [-0.1, -0.05) is 33.3 Å². The molecule has 0 fully saturated rings. The highest BCUT2D eigenvalue weighted by molar-refractivity contribution is 6.21. The summed E-state index contributed by atoms with van der Waals surface area (Å²) in [6, 6.07) is 6.04. The van der Waals surface area contributed by atoms with E-state index in [-0.39, 0.29) is 5.38 Å². The molecule has 0 saturated heterocycles. The molecular formula is C15H21ClO2. The highest BCUT2D eigenvalue weighted by Gasteiger charge is 2.19. The third-order valence-electron chi connectivity index (χ3n) is 3.48. The van der Waals surface area contributed by atoms with Crippen LogP contribution in [-0.4, -0.2) is 13.2 Å². The van der Waals surface area contributed by atoms with Gasteiger partial charge in [-0.2, -0.15) is 0 Å². The maximum Gasteiger partial charge on any atom is 0.161 e. The third kappa shape index (κ3) is 2.92. The summed E-state index contributed by atoms with van der Waals surface area (Å²) in [5.41, 5.74) is 1.11. The Bertz CT molecular complexity index is 405. The molecule has 0 aromatic heterocycles. The van der Waals surface area contributed by atoms with Crippen LogP contribution in [0.5, 0.6) is 11.5 Å². The lowest BCUT2D eigenvalue weighted by Crippen LogP contribution is -2.12. The minimum atomic E-state index is 0.0320. The van der Waals surface area contributed by atoms with Gasteiger partial charge in [-0.15, -0.1) is 11.6 Å². The average molecular weight is 269 g/mol. The van der Waals surface area contributed by atoms with E-state index in [9.17, 15) is 0 Å². The monoisotopic (exact) mass is 268 g/mol. The maximum atomic E-state index is 6.47. The molecule has 100 valence electrons. The minimum absolute atomic E-state index is 0.0320. The van der Waals surface area contributed by atoms with Crippen molar-refractivity contribution in [1.82, 2.24) is 0 Å². The first-order chi connectivity index (χ1) is 8.61. The molecule has 0 radical (unpaired) electrons. The maximum absolute atomic E-state index is 6.47. The van der Waals surface area contributed by atoms with Crippen molar-refractivity contribution in [2.24, 2.45) is 11.8 Å². The number of halogens is 1. The van der Waals surface area contributed by atoms with Gasteiger partial charge in [0, 0.05) is 5.92 Å². The summed E-state index contributed by atoms with van der Waals surface area (Å²) >= 11 is 6.47. The lowest BCUT2D eigenvalue weighted by atomic mass is 9.98. The minimum Gasteiger partial charge on any atom is -0.489 e. The first-order valence-electron chi connectivity index (χ1n) is 6.65. The van der Waals surface area contributed by atoms with Gasteiger partial charge in [0.15, 0.2) is 11.5 Å². The van der Waals surface area contributed by atoms with Crippen molar-refractivity contribution in [3.63, 3.8) is 0 Å². The number of benzene rings is 1.